The Labute approximate surface area is 159 Å². The van der Waals surface area contributed by atoms with Crippen LogP contribution in [0.2, 0.25) is 0 Å². The van der Waals surface area contributed by atoms with Crippen molar-refractivity contribution < 1.29 is 17.9 Å². The molecule has 0 spiro atoms. The maximum atomic E-state index is 11.9. The summed E-state index contributed by atoms with van der Waals surface area (Å²) in [5.41, 5.74) is 0. The van der Waals surface area contributed by atoms with E-state index in [4.69, 9.17) is 4.74 Å². The third-order valence-electron chi connectivity index (χ3n) is 4.15. The number of hydrogen-bond donors (Lipinski definition) is 1. The van der Waals surface area contributed by atoms with Crippen LogP contribution >= 0.6 is 11.8 Å². The summed E-state index contributed by atoms with van der Waals surface area (Å²) in [6, 6.07) is 0. The second kappa shape index (κ2) is 9.70. The van der Waals surface area contributed by atoms with Gasteiger partial charge in [-0.3, -0.25) is 4.79 Å². The van der Waals surface area contributed by atoms with Gasteiger partial charge in [0.15, 0.2) is 15.0 Å². The first-order valence-corrected chi connectivity index (χ1v) is 11.7. The third kappa shape index (κ3) is 6.88. The topological polar surface area (TPSA) is 103 Å². The van der Waals surface area contributed by atoms with Crippen molar-refractivity contribution >= 4 is 27.5 Å². The van der Waals surface area contributed by atoms with E-state index in [2.05, 4.69) is 15.5 Å². The SMILES string of the molecule is CC(C)OCCCNC(=O)CSc1nnc(C[C@@H]2CCS(=O)(=O)C2)n1C. The van der Waals surface area contributed by atoms with Crippen LogP contribution < -0.4 is 5.32 Å². The molecule has 0 aromatic carbocycles. The van der Waals surface area contributed by atoms with E-state index in [1.165, 1.54) is 11.8 Å². The molecule has 0 unspecified atom stereocenters. The van der Waals surface area contributed by atoms with Gasteiger partial charge < -0.3 is 14.6 Å². The van der Waals surface area contributed by atoms with E-state index >= 15 is 0 Å². The minimum atomic E-state index is -2.89. The Bertz CT molecular complexity index is 703. The zero-order chi connectivity index (χ0) is 19.2. The van der Waals surface area contributed by atoms with E-state index < -0.39 is 9.84 Å². The molecule has 10 heteroatoms. The Hall–Kier alpha value is -1.13. The summed E-state index contributed by atoms with van der Waals surface area (Å²) in [6.07, 6.45) is 2.27. The van der Waals surface area contributed by atoms with Crippen LogP contribution in [0.25, 0.3) is 0 Å². The summed E-state index contributed by atoms with van der Waals surface area (Å²) in [5.74, 6) is 1.59. The molecule has 0 bridgehead atoms. The number of hydrogen-bond acceptors (Lipinski definition) is 7. The molecule has 1 N–H and O–H groups in total. The zero-order valence-electron chi connectivity index (χ0n) is 15.6. The van der Waals surface area contributed by atoms with Gasteiger partial charge in [-0.1, -0.05) is 11.8 Å². The number of thioether (sulfide) groups is 1. The summed E-state index contributed by atoms with van der Waals surface area (Å²) in [7, 11) is -1.04. The normalized spacial score (nSPS) is 19.2. The van der Waals surface area contributed by atoms with Gasteiger partial charge >= 0.3 is 0 Å². The van der Waals surface area contributed by atoms with Gasteiger partial charge in [0.1, 0.15) is 5.82 Å². The van der Waals surface area contributed by atoms with E-state index in [0.29, 0.717) is 31.1 Å². The summed E-state index contributed by atoms with van der Waals surface area (Å²) in [6.45, 7) is 5.19. The molecule has 1 aliphatic rings. The molecule has 1 aromatic heterocycles. The van der Waals surface area contributed by atoms with Crippen LogP contribution in [0.3, 0.4) is 0 Å². The smallest absolute Gasteiger partial charge is 0.230 e. The van der Waals surface area contributed by atoms with Crippen LogP contribution in [0.1, 0.15) is 32.5 Å². The monoisotopic (exact) mass is 404 g/mol. The van der Waals surface area contributed by atoms with Crippen LogP contribution in [0.5, 0.6) is 0 Å². The number of nitrogens with one attached hydrogen (secondary N) is 1. The fraction of sp³-hybridized carbons (Fsp3) is 0.812. The van der Waals surface area contributed by atoms with Gasteiger partial charge in [-0.05, 0) is 32.6 Å². The minimum Gasteiger partial charge on any atom is -0.379 e. The van der Waals surface area contributed by atoms with Gasteiger partial charge in [0.2, 0.25) is 5.91 Å². The van der Waals surface area contributed by atoms with E-state index in [1.807, 2.05) is 25.5 Å². The van der Waals surface area contributed by atoms with Gasteiger partial charge in [0.25, 0.3) is 0 Å². The van der Waals surface area contributed by atoms with Crippen molar-refractivity contribution in [1.29, 1.82) is 0 Å². The van der Waals surface area contributed by atoms with Crippen molar-refractivity contribution in [2.45, 2.75) is 44.4 Å². The van der Waals surface area contributed by atoms with Crippen molar-refractivity contribution in [3.8, 4) is 0 Å². The first kappa shape index (κ1) is 21.2. The van der Waals surface area contributed by atoms with Gasteiger partial charge in [-0.2, -0.15) is 0 Å². The number of amides is 1. The number of carbonyl (C=O) groups excluding carboxylic acids is 1. The lowest BCUT2D eigenvalue weighted by molar-refractivity contribution is -0.118. The van der Waals surface area contributed by atoms with Crippen LogP contribution in [-0.4, -0.2) is 65.6 Å². The van der Waals surface area contributed by atoms with Crippen molar-refractivity contribution in [2.24, 2.45) is 13.0 Å². The second-order valence-corrected chi connectivity index (χ2v) is 10.0. The molecule has 0 saturated carbocycles. The number of aromatic nitrogens is 3. The lowest BCUT2D eigenvalue weighted by atomic mass is 10.1. The fourth-order valence-corrected chi connectivity index (χ4v) is 5.36. The molecular formula is C16H28N4O4S2. The molecule has 1 aliphatic heterocycles. The van der Waals surface area contributed by atoms with Crippen LogP contribution in [0, 0.1) is 5.92 Å². The highest BCUT2D eigenvalue weighted by Crippen LogP contribution is 2.23. The molecule has 1 fully saturated rings. The minimum absolute atomic E-state index is 0.0500. The fourth-order valence-electron chi connectivity index (χ4n) is 2.74. The van der Waals surface area contributed by atoms with Crippen molar-refractivity contribution in [1.82, 2.24) is 20.1 Å². The number of nitrogens with zero attached hydrogens (tertiary/aromatic N) is 3. The Balaban J connectivity index is 1.71. The number of carbonyl (C=O) groups is 1. The molecule has 1 amide bonds. The largest absolute Gasteiger partial charge is 0.379 e. The Morgan fingerprint density at radius 1 is 1.42 bits per heavy atom. The first-order valence-electron chi connectivity index (χ1n) is 8.86. The molecule has 1 atom stereocenters. The molecule has 2 rings (SSSR count). The molecule has 1 saturated heterocycles. The average molecular weight is 405 g/mol. The third-order valence-corrected chi connectivity index (χ3v) is 7.01. The lowest BCUT2D eigenvalue weighted by Gasteiger charge is -2.09. The summed E-state index contributed by atoms with van der Waals surface area (Å²) < 4.78 is 30.4. The van der Waals surface area contributed by atoms with Gasteiger partial charge in [0, 0.05) is 26.6 Å². The Kier molecular flexibility index (Phi) is 7.90. The number of sulfone groups is 1. The first-order chi connectivity index (χ1) is 12.3. The van der Waals surface area contributed by atoms with E-state index in [0.717, 1.165) is 12.2 Å². The zero-order valence-corrected chi connectivity index (χ0v) is 17.2. The molecule has 1 aromatic rings. The molecular weight excluding hydrogens is 376 g/mol. The van der Waals surface area contributed by atoms with Gasteiger partial charge in [0.05, 0.1) is 23.4 Å². The molecule has 26 heavy (non-hydrogen) atoms. The number of ether oxygens (including phenoxy) is 1. The summed E-state index contributed by atoms with van der Waals surface area (Å²) in [4.78, 5) is 11.9. The van der Waals surface area contributed by atoms with Crippen LogP contribution in [0.15, 0.2) is 5.16 Å². The van der Waals surface area contributed by atoms with E-state index in [-0.39, 0.29) is 35.2 Å². The maximum absolute atomic E-state index is 11.9. The molecule has 2 heterocycles. The highest BCUT2D eigenvalue weighted by molar-refractivity contribution is 7.99. The van der Waals surface area contributed by atoms with Crippen molar-refractivity contribution in [3.63, 3.8) is 0 Å². The second-order valence-electron chi connectivity index (χ2n) is 6.84. The summed E-state index contributed by atoms with van der Waals surface area (Å²) in [5, 5.41) is 11.8. The molecule has 0 radical (unpaired) electrons. The Morgan fingerprint density at radius 3 is 2.85 bits per heavy atom. The average Bonchev–Trinajstić information content (AvgIpc) is 3.08. The molecule has 148 valence electrons. The molecule has 8 nitrogen and oxygen atoms in total. The van der Waals surface area contributed by atoms with Crippen molar-refractivity contribution in [2.75, 3.05) is 30.4 Å². The van der Waals surface area contributed by atoms with Crippen LogP contribution in [0.4, 0.5) is 0 Å². The lowest BCUT2D eigenvalue weighted by Crippen LogP contribution is -2.27. The standard InChI is InChI=1S/C16H28N4O4S2/c1-12(2)24-7-4-6-17-15(21)10-25-16-19-18-14(20(16)3)9-13-5-8-26(22,23)11-13/h12-13H,4-11H2,1-3H3,(H,17,21)/t13-/m0/s1. The van der Waals surface area contributed by atoms with Gasteiger partial charge in [-0.25, -0.2) is 8.42 Å². The predicted molar refractivity (Wildman–Crippen MR) is 101 cm³/mol. The van der Waals surface area contributed by atoms with E-state index in [9.17, 15) is 13.2 Å². The molecule has 0 aliphatic carbocycles. The predicted octanol–water partition coefficient (Wildman–Crippen LogP) is 0.816. The highest BCUT2D eigenvalue weighted by atomic mass is 32.2. The maximum Gasteiger partial charge on any atom is 0.230 e. The van der Waals surface area contributed by atoms with E-state index in [1.54, 1.807) is 0 Å². The Morgan fingerprint density at radius 2 is 2.19 bits per heavy atom. The highest BCUT2D eigenvalue weighted by Gasteiger charge is 2.29. The van der Waals surface area contributed by atoms with Crippen LogP contribution in [-0.2, 0) is 32.8 Å². The number of rotatable bonds is 10. The van der Waals surface area contributed by atoms with Gasteiger partial charge in [-0.15, -0.1) is 10.2 Å². The quantitative estimate of drug-likeness (QED) is 0.455. The summed E-state index contributed by atoms with van der Waals surface area (Å²) >= 11 is 1.33. The van der Waals surface area contributed by atoms with Crippen molar-refractivity contribution in [3.05, 3.63) is 5.82 Å².